The van der Waals surface area contributed by atoms with Gasteiger partial charge in [-0.15, -0.1) is 0 Å². The Morgan fingerprint density at radius 1 is 1.09 bits per heavy atom. The third-order valence-corrected chi connectivity index (χ3v) is 3.54. The zero-order chi connectivity index (χ0) is 16.9. The van der Waals surface area contributed by atoms with Gasteiger partial charge in [0.2, 0.25) is 5.91 Å². The summed E-state index contributed by atoms with van der Waals surface area (Å²) in [5.74, 6) is -2.06. The number of ether oxygens (including phenoxy) is 1. The fraction of sp³-hybridized carbons (Fsp3) is 0.800. The van der Waals surface area contributed by atoms with Crippen molar-refractivity contribution in [2.24, 2.45) is 17.8 Å². The fourth-order valence-corrected chi connectivity index (χ4v) is 2.65. The monoisotopic (exact) mass is 314 g/mol. The van der Waals surface area contributed by atoms with Gasteiger partial charge >= 0.3 is 12.1 Å². The number of nitrogens with one attached hydrogen (secondary N) is 2. The second kappa shape index (κ2) is 7.47. The van der Waals surface area contributed by atoms with Gasteiger partial charge in [0.25, 0.3) is 0 Å². The first-order chi connectivity index (χ1) is 10.1. The van der Waals surface area contributed by atoms with Gasteiger partial charge in [-0.2, -0.15) is 0 Å². The largest absolute Gasteiger partial charge is 0.481 e. The molecule has 0 aromatic heterocycles. The van der Waals surface area contributed by atoms with Gasteiger partial charge in [0.1, 0.15) is 5.60 Å². The Morgan fingerprint density at radius 3 is 2.18 bits per heavy atom. The molecule has 0 aliphatic heterocycles. The molecular formula is C15H26N2O5. The number of amides is 2. The molecule has 0 saturated heterocycles. The number of hydrogen-bond acceptors (Lipinski definition) is 4. The second-order valence-electron chi connectivity index (χ2n) is 6.85. The minimum atomic E-state index is -0.920. The second-order valence-corrected chi connectivity index (χ2v) is 6.85. The Balaban J connectivity index is 2.31. The topological polar surface area (TPSA) is 105 Å². The highest BCUT2D eigenvalue weighted by molar-refractivity contribution is 5.85. The molecule has 1 saturated carbocycles. The van der Waals surface area contributed by atoms with E-state index in [-0.39, 0.29) is 24.9 Å². The van der Waals surface area contributed by atoms with Crippen LogP contribution in [-0.4, -0.2) is 41.8 Å². The van der Waals surface area contributed by atoms with Gasteiger partial charge in [0.15, 0.2) is 0 Å². The molecular weight excluding hydrogens is 288 g/mol. The van der Waals surface area contributed by atoms with Gasteiger partial charge < -0.3 is 20.5 Å². The van der Waals surface area contributed by atoms with Crippen molar-refractivity contribution in [3.63, 3.8) is 0 Å². The van der Waals surface area contributed by atoms with E-state index in [4.69, 9.17) is 9.84 Å². The molecule has 0 heterocycles. The summed E-state index contributed by atoms with van der Waals surface area (Å²) in [6.07, 6.45) is 0.575. The molecule has 3 atom stereocenters. The van der Waals surface area contributed by atoms with Crippen LogP contribution in [0.1, 0.15) is 40.5 Å². The smallest absolute Gasteiger partial charge is 0.407 e. The predicted octanol–water partition coefficient (Wildman–Crippen LogP) is 1.37. The average Bonchev–Trinajstić information content (AvgIpc) is 2.74. The lowest BCUT2D eigenvalue weighted by Gasteiger charge is -2.20. The van der Waals surface area contributed by atoms with Crippen LogP contribution in [0.25, 0.3) is 0 Å². The lowest BCUT2D eigenvalue weighted by atomic mass is 9.95. The first-order valence-corrected chi connectivity index (χ1v) is 7.57. The first kappa shape index (κ1) is 18.3. The van der Waals surface area contributed by atoms with Crippen LogP contribution in [0.2, 0.25) is 0 Å². The van der Waals surface area contributed by atoms with Crippen molar-refractivity contribution in [3.05, 3.63) is 0 Å². The molecule has 1 aliphatic carbocycles. The maximum atomic E-state index is 12.1. The number of carbonyl (C=O) groups excluding carboxylic acids is 2. The lowest BCUT2D eigenvalue weighted by molar-refractivity contribution is -0.146. The van der Waals surface area contributed by atoms with Crippen LogP contribution in [0.4, 0.5) is 4.79 Å². The fourth-order valence-electron chi connectivity index (χ4n) is 2.65. The number of carboxylic acid groups (broad SMARTS) is 1. The first-order valence-electron chi connectivity index (χ1n) is 7.57. The van der Waals surface area contributed by atoms with Crippen molar-refractivity contribution >= 4 is 18.0 Å². The summed E-state index contributed by atoms with van der Waals surface area (Å²) in [4.78, 5) is 34.6. The zero-order valence-electron chi connectivity index (χ0n) is 13.6. The summed E-state index contributed by atoms with van der Waals surface area (Å²) in [6, 6.07) is 0. The lowest BCUT2D eigenvalue weighted by Crippen LogP contribution is -2.41. The van der Waals surface area contributed by atoms with Crippen molar-refractivity contribution in [2.45, 2.75) is 46.1 Å². The van der Waals surface area contributed by atoms with Crippen molar-refractivity contribution in [1.29, 1.82) is 0 Å². The summed E-state index contributed by atoms with van der Waals surface area (Å²) >= 11 is 0. The van der Waals surface area contributed by atoms with Crippen LogP contribution >= 0.6 is 0 Å². The molecule has 0 radical (unpaired) electrons. The van der Waals surface area contributed by atoms with E-state index in [0.29, 0.717) is 12.8 Å². The summed E-state index contributed by atoms with van der Waals surface area (Å²) in [5.41, 5.74) is -0.567. The van der Waals surface area contributed by atoms with Crippen molar-refractivity contribution in [2.75, 3.05) is 13.1 Å². The van der Waals surface area contributed by atoms with Crippen molar-refractivity contribution in [1.82, 2.24) is 10.6 Å². The minimum Gasteiger partial charge on any atom is -0.481 e. The maximum Gasteiger partial charge on any atom is 0.407 e. The molecule has 22 heavy (non-hydrogen) atoms. The van der Waals surface area contributed by atoms with Crippen LogP contribution in [0.3, 0.4) is 0 Å². The number of carboxylic acids is 1. The maximum absolute atomic E-state index is 12.1. The van der Waals surface area contributed by atoms with Crippen LogP contribution in [-0.2, 0) is 14.3 Å². The molecule has 0 aromatic carbocycles. The third-order valence-electron chi connectivity index (χ3n) is 3.54. The highest BCUT2D eigenvalue weighted by atomic mass is 16.6. The SMILES string of the molecule is CC1C[C@H](C(=O)NCCNC(=O)OC(C)(C)C)[C@H](C(=O)O)C1. The Labute approximate surface area is 130 Å². The summed E-state index contributed by atoms with van der Waals surface area (Å²) in [6.45, 7) is 7.73. The summed E-state index contributed by atoms with van der Waals surface area (Å²) in [5, 5.41) is 14.4. The molecule has 3 N–H and O–H groups in total. The standard InChI is InChI=1S/C15H26N2O5/c1-9-7-10(11(8-9)13(19)20)12(18)16-5-6-17-14(21)22-15(2,3)4/h9-11H,5-8H2,1-4H3,(H,16,18)(H,17,21)(H,19,20)/t9?,10-,11+/m0/s1. The van der Waals surface area contributed by atoms with Gasteiger partial charge in [-0.1, -0.05) is 6.92 Å². The average molecular weight is 314 g/mol. The van der Waals surface area contributed by atoms with E-state index in [2.05, 4.69) is 10.6 Å². The third kappa shape index (κ3) is 5.91. The van der Waals surface area contributed by atoms with Gasteiger partial charge in [-0.3, -0.25) is 9.59 Å². The van der Waals surface area contributed by atoms with E-state index in [1.54, 1.807) is 20.8 Å². The molecule has 1 unspecified atom stereocenters. The number of hydrogen-bond donors (Lipinski definition) is 3. The molecule has 1 fully saturated rings. The minimum absolute atomic E-state index is 0.233. The highest BCUT2D eigenvalue weighted by Crippen LogP contribution is 2.36. The van der Waals surface area contributed by atoms with E-state index in [1.165, 1.54) is 0 Å². The molecule has 126 valence electrons. The summed E-state index contributed by atoms with van der Waals surface area (Å²) in [7, 11) is 0. The summed E-state index contributed by atoms with van der Waals surface area (Å²) < 4.78 is 5.07. The quantitative estimate of drug-likeness (QED) is 0.665. The Morgan fingerprint density at radius 2 is 1.64 bits per heavy atom. The zero-order valence-corrected chi connectivity index (χ0v) is 13.6. The van der Waals surface area contributed by atoms with E-state index < -0.39 is 29.5 Å². The highest BCUT2D eigenvalue weighted by Gasteiger charge is 2.40. The van der Waals surface area contributed by atoms with Crippen LogP contribution < -0.4 is 10.6 Å². The van der Waals surface area contributed by atoms with Crippen LogP contribution in [0.5, 0.6) is 0 Å². The molecule has 7 nitrogen and oxygen atoms in total. The molecule has 2 amide bonds. The van der Waals surface area contributed by atoms with E-state index >= 15 is 0 Å². The Bertz CT molecular complexity index is 430. The Hall–Kier alpha value is -1.79. The Kier molecular flexibility index (Phi) is 6.20. The van der Waals surface area contributed by atoms with Gasteiger partial charge in [-0.05, 0) is 39.5 Å². The van der Waals surface area contributed by atoms with Crippen LogP contribution in [0, 0.1) is 17.8 Å². The molecule has 1 aliphatic rings. The number of alkyl carbamates (subject to hydrolysis) is 1. The molecule has 0 bridgehead atoms. The molecule has 7 heteroatoms. The predicted molar refractivity (Wildman–Crippen MR) is 80.3 cm³/mol. The van der Waals surface area contributed by atoms with Crippen LogP contribution in [0.15, 0.2) is 0 Å². The van der Waals surface area contributed by atoms with Crippen molar-refractivity contribution < 1.29 is 24.2 Å². The van der Waals surface area contributed by atoms with E-state index in [9.17, 15) is 14.4 Å². The number of carbonyl (C=O) groups is 3. The van der Waals surface area contributed by atoms with Gasteiger partial charge in [0, 0.05) is 13.1 Å². The van der Waals surface area contributed by atoms with Crippen molar-refractivity contribution in [3.8, 4) is 0 Å². The molecule has 0 spiro atoms. The van der Waals surface area contributed by atoms with E-state index in [1.807, 2.05) is 6.92 Å². The number of aliphatic carboxylic acids is 1. The normalized spacial score (nSPS) is 24.6. The van der Waals surface area contributed by atoms with Gasteiger partial charge in [-0.25, -0.2) is 4.79 Å². The molecule has 1 rings (SSSR count). The van der Waals surface area contributed by atoms with Gasteiger partial charge in [0.05, 0.1) is 11.8 Å². The molecule has 0 aromatic rings. The van der Waals surface area contributed by atoms with E-state index in [0.717, 1.165) is 0 Å². The number of rotatable bonds is 5.